The first kappa shape index (κ1) is 15.1. The maximum Gasteiger partial charge on any atom is 0.125 e. The monoisotopic (exact) mass is 292 g/mol. The van der Waals surface area contributed by atoms with Crippen LogP contribution in [0.4, 0.5) is 0 Å². The number of benzene rings is 1. The molecule has 0 bridgehead atoms. The van der Waals surface area contributed by atoms with Crippen LogP contribution in [0.2, 0.25) is 0 Å². The molecule has 1 rings (SSSR count). The van der Waals surface area contributed by atoms with E-state index in [-0.39, 0.29) is 16.7 Å². The number of rotatable bonds is 2. The summed E-state index contributed by atoms with van der Waals surface area (Å²) >= 11 is 0. The first-order valence-electron chi connectivity index (χ1n) is 4.91. The zero-order valence-electron chi connectivity index (χ0n) is 10.3. The van der Waals surface area contributed by atoms with E-state index >= 15 is 0 Å². The highest BCUT2D eigenvalue weighted by molar-refractivity contribution is 7.86. The van der Waals surface area contributed by atoms with Gasteiger partial charge in [-0.25, -0.2) is 16.8 Å². The van der Waals surface area contributed by atoms with Gasteiger partial charge >= 0.3 is 0 Å². The van der Waals surface area contributed by atoms with Gasteiger partial charge in [-0.3, -0.25) is 0 Å². The molecule has 1 aromatic carbocycles. The van der Waals surface area contributed by atoms with Crippen LogP contribution in [0.1, 0.15) is 22.3 Å². The van der Waals surface area contributed by atoms with Crippen LogP contribution in [0.15, 0.2) is 9.79 Å². The second-order valence-corrected chi connectivity index (χ2v) is 6.70. The van der Waals surface area contributed by atoms with Crippen LogP contribution in [0.5, 0.6) is 0 Å². The normalized spacial score (nSPS) is 12.8. The lowest BCUT2D eigenvalue weighted by atomic mass is 10.0. The van der Waals surface area contributed by atoms with E-state index in [0.29, 0.717) is 5.56 Å². The summed E-state index contributed by atoms with van der Waals surface area (Å²) < 4.78 is 67.0. The summed E-state index contributed by atoms with van der Waals surface area (Å²) in [6, 6.07) is 0. The summed E-state index contributed by atoms with van der Waals surface area (Å²) in [4.78, 5) is -1.25. The van der Waals surface area contributed by atoms with Crippen LogP contribution in [-0.2, 0) is 20.2 Å². The Morgan fingerprint density at radius 1 is 0.611 bits per heavy atom. The van der Waals surface area contributed by atoms with Gasteiger partial charge in [-0.2, -0.15) is 0 Å². The molecule has 0 atom stereocenters. The molecule has 0 heterocycles. The molecule has 0 saturated heterocycles. The highest BCUT2D eigenvalue weighted by Crippen LogP contribution is 2.32. The Morgan fingerprint density at radius 3 is 1.11 bits per heavy atom. The van der Waals surface area contributed by atoms with E-state index in [1.165, 1.54) is 20.8 Å². The fraction of sp³-hybridized carbons (Fsp3) is 0.400. The highest BCUT2D eigenvalue weighted by Gasteiger charge is 2.21. The van der Waals surface area contributed by atoms with Crippen molar-refractivity contribution < 1.29 is 25.9 Å². The zero-order chi connectivity index (χ0) is 14.5. The third kappa shape index (κ3) is 2.41. The molecule has 0 aromatic heterocycles. The Labute approximate surface area is 106 Å². The summed E-state index contributed by atoms with van der Waals surface area (Å²) in [6.07, 6.45) is 0. The Morgan fingerprint density at radius 2 is 0.889 bits per heavy atom. The van der Waals surface area contributed by atoms with Crippen LogP contribution in [0.3, 0.4) is 0 Å². The molecule has 0 spiro atoms. The minimum Gasteiger partial charge on any atom is -0.744 e. The van der Waals surface area contributed by atoms with Gasteiger partial charge in [0.25, 0.3) is 0 Å². The van der Waals surface area contributed by atoms with Gasteiger partial charge in [0.2, 0.25) is 0 Å². The molecule has 0 aliphatic heterocycles. The summed E-state index contributed by atoms with van der Waals surface area (Å²) in [5.41, 5.74) is 0.352. The lowest BCUT2D eigenvalue weighted by molar-refractivity contribution is 0.458. The molecule has 0 aliphatic carbocycles. The van der Waals surface area contributed by atoms with Crippen LogP contribution in [0, 0.1) is 27.7 Å². The summed E-state index contributed by atoms with van der Waals surface area (Å²) in [7, 11) is -9.68. The largest absolute Gasteiger partial charge is 0.744 e. The minimum atomic E-state index is -4.84. The first-order valence-corrected chi connectivity index (χ1v) is 7.72. The van der Waals surface area contributed by atoms with Crippen LogP contribution in [-0.4, -0.2) is 25.9 Å². The van der Waals surface area contributed by atoms with Crippen molar-refractivity contribution in [2.45, 2.75) is 37.5 Å². The third-order valence-corrected chi connectivity index (χ3v) is 5.21. The second kappa shape index (κ2) is 4.30. The predicted octanol–water partition coefficient (Wildman–Crippen LogP) is 0.728. The highest BCUT2D eigenvalue weighted by atomic mass is 32.2. The van der Waals surface area contributed by atoms with E-state index in [9.17, 15) is 25.9 Å². The zero-order valence-corrected chi connectivity index (χ0v) is 11.9. The Bertz CT molecular complexity index is 654. The molecule has 0 N–H and O–H groups in total. The topological polar surface area (TPSA) is 114 Å². The van der Waals surface area contributed by atoms with Crippen molar-refractivity contribution in [2.75, 3.05) is 0 Å². The summed E-state index contributed by atoms with van der Waals surface area (Å²) in [5, 5.41) is 0. The standard InChI is InChI=1S/C10H14O6S2/c1-5-6(2)9(17(11,12)13)8(4)10(7(5)3)18(14,15)16/h1-4H3,(H,11,12,13)(H,14,15,16)/p-2. The van der Waals surface area contributed by atoms with E-state index in [4.69, 9.17) is 0 Å². The first-order chi connectivity index (χ1) is 7.89. The molecule has 0 saturated carbocycles. The fourth-order valence-corrected chi connectivity index (χ4v) is 4.11. The van der Waals surface area contributed by atoms with E-state index in [1.807, 2.05) is 0 Å². The van der Waals surface area contributed by atoms with Gasteiger partial charge in [-0.05, 0) is 49.9 Å². The van der Waals surface area contributed by atoms with E-state index < -0.39 is 30.0 Å². The molecule has 18 heavy (non-hydrogen) atoms. The van der Waals surface area contributed by atoms with Crippen molar-refractivity contribution in [3.05, 3.63) is 22.3 Å². The molecule has 0 radical (unpaired) electrons. The lowest BCUT2D eigenvalue weighted by Gasteiger charge is -2.23. The maximum atomic E-state index is 11.2. The predicted molar refractivity (Wildman–Crippen MR) is 61.3 cm³/mol. The molecule has 6 nitrogen and oxygen atoms in total. The average molecular weight is 292 g/mol. The Kier molecular flexibility index (Phi) is 3.61. The van der Waals surface area contributed by atoms with Crippen LogP contribution >= 0.6 is 0 Å². The molecular weight excluding hydrogens is 280 g/mol. The molecule has 8 heteroatoms. The Balaban J connectivity index is 4.09. The van der Waals surface area contributed by atoms with Gasteiger partial charge in [0.05, 0.1) is 9.79 Å². The van der Waals surface area contributed by atoms with Gasteiger partial charge in [0.15, 0.2) is 0 Å². The molecule has 0 unspecified atom stereocenters. The quantitative estimate of drug-likeness (QED) is 0.742. The van der Waals surface area contributed by atoms with Gasteiger partial charge in [0.1, 0.15) is 20.2 Å². The molecule has 102 valence electrons. The average Bonchev–Trinajstić information content (AvgIpc) is 2.09. The summed E-state index contributed by atoms with van der Waals surface area (Å²) in [5.74, 6) is 0. The minimum absolute atomic E-state index is 0.174. The SMILES string of the molecule is Cc1c(C)c(S(=O)(=O)[O-])c(C)c(S(=O)(=O)[O-])c1C. The van der Waals surface area contributed by atoms with Crippen LogP contribution in [0.25, 0.3) is 0 Å². The van der Waals surface area contributed by atoms with E-state index in [2.05, 4.69) is 0 Å². The van der Waals surface area contributed by atoms with Crippen molar-refractivity contribution >= 4 is 20.2 Å². The summed E-state index contributed by atoms with van der Waals surface area (Å²) in [6.45, 7) is 5.42. The van der Waals surface area contributed by atoms with Gasteiger partial charge in [0, 0.05) is 0 Å². The number of hydrogen-bond acceptors (Lipinski definition) is 6. The second-order valence-electron chi connectivity index (χ2n) is 4.07. The molecular formula is C10H12O6S2-2. The fourth-order valence-electron chi connectivity index (χ4n) is 2.04. The van der Waals surface area contributed by atoms with Crippen LogP contribution < -0.4 is 0 Å². The van der Waals surface area contributed by atoms with E-state index in [0.717, 1.165) is 6.92 Å². The molecule has 1 aromatic rings. The van der Waals surface area contributed by atoms with Crippen molar-refractivity contribution in [1.82, 2.24) is 0 Å². The van der Waals surface area contributed by atoms with Gasteiger partial charge in [-0.1, -0.05) is 0 Å². The smallest absolute Gasteiger partial charge is 0.125 e. The molecule has 0 fully saturated rings. The lowest BCUT2D eigenvalue weighted by Crippen LogP contribution is -2.13. The van der Waals surface area contributed by atoms with Crippen molar-refractivity contribution in [3.63, 3.8) is 0 Å². The van der Waals surface area contributed by atoms with E-state index in [1.54, 1.807) is 0 Å². The van der Waals surface area contributed by atoms with Crippen molar-refractivity contribution in [3.8, 4) is 0 Å². The number of hydrogen-bond donors (Lipinski definition) is 0. The third-order valence-electron chi connectivity index (χ3n) is 2.99. The Hall–Kier alpha value is -0.960. The van der Waals surface area contributed by atoms with Gasteiger partial charge in [-0.15, -0.1) is 0 Å². The van der Waals surface area contributed by atoms with Crippen molar-refractivity contribution in [1.29, 1.82) is 0 Å². The van der Waals surface area contributed by atoms with Gasteiger partial charge < -0.3 is 9.11 Å². The van der Waals surface area contributed by atoms with Crippen molar-refractivity contribution in [2.24, 2.45) is 0 Å². The molecule has 0 aliphatic rings. The maximum absolute atomic E-state index is 11.2. The molecule has 0 amide bonds.